The number of rotatable bonds is 7. The zero-order valence-corrected chi connectivity index (χ0v) is 13.2. The van der Waals surface area contributed by atoms with Crippen LogP contribution in [0, 0.1) is 5.82 Å². The predicted octanol–water partition coefficient (Wildman–Crippen LogP) is 1.33. The number of benzene rings is 1. The van der Waals surface area contributed by atoms with Crippen LogP contribution in [-0.4, -0.2) is 34.5 Å². The first-order valence-electron chi connectivity index (χ1n) is 6.19. The van der Waals surface area contributed by atoms with Gasteiger partial charge in [-0.15, -0.1) is 0 Å². The molecule has 1 aromatic carbocycles. The minimum atomic E-state index is -3.99. The maximum atomic E-state index is 13.9. The van der Waals surface area contributed by atoms with Gasteiger partial charge in [-0.2, -0.15) is 0 Å². The van der Waals surface area contributed by atoms with Crippen molar-refractivity contribution in [3.05, 3.63) is 23.0 Å². The van der Waals surface area contributed by atoms with Gasteiger partial charge in [0.25, 0.3) is 0 Å². The number of nitrogens with one attached hydrogen (secondary N) is 3. The molecular formula is C12H17ClFN3O3S. The summed E-state index contributed by atoms with van der Waals surface area (Å²) in [7, 11) is -2.24. The molecule has 3 N–H and O–H groups in total. The molecule has 0 atom stereocenters. The van der Waals surface area contributed by atoms with Crippen molar-refractivity contribution in [3.63, 3.8) is 0 Å². The molecule has 0 aliphatic heterocycles. The van der Waals surface area contributed by atoms with E-state index in [1.165, 1.54) is 6.92 Å². The van der Waals surface area contributed by atoms with Crippen molar-refractivity contribution in [2.45, 2.75) is 18.2 Å². The average molecular weight is 338 g/mol. The Kier molecular flexibility index (Phi) is 6.53. The Labute approximate surface area is 128 Å². The van der Waals surface area contributed by atoms with Crippen LogP contribution in [-0.2, 0) is 14.8 Å². The summed E-state index contributed by atoms with van der Waals surface area (Å²) in [6.45, 7) is 2.04. The summed E-state index contributed by atoms with van der Waals surface area (Å²) in [6.07, 6.45) is 0.565. The summed E-state index contributed by atoms with van der Waals surface area (Å²) < 4.78 is 40.2. The lowest BCUT2D eigenvalue weighted by Gasteiger charge is -2.11. The molecule has 0 saturated carbocycles. The molecule has 1 aromatic rings. The molecule has 9 heteroatoms. The van der Waals surface area contributed by atoms with Crippen LogP contribution in [0.15, 0.2) is 17.0 Å². The van der Waals surface area contributed by atoms with E-state index in [0.717, 1.165) is 12.1 Å². The molecule has 0 fully saturated rings. The highest BCUT2D eigenvalue weighted by molar-refractivity contribution is 7.89. The lowest BCUT2D eigenvalue weighted by Crippen LogP contribution is -2.27. The highest BCUT2D eigenvalue weighted by Gasteiger charge is 2.21. The molecule has 0 aliphatic carbocycles. The van der Waals surface area contributed by atoms with E-state index in [2.05, 4.69) is 15.4 Å². The van der Waals surface area contributed by atoms with Gasteiger partial charge in [0.1, 0.15) is 10.7 Å². The lowest BCUT2D eigenvalue weighted by atomic mass is 10.3. The van der Waals surface area contributed by atoms with Crippen LogP contribution in [0.25, 0.3) is 0 Å². The summed E-state index contributed by atoms with van der Waals surface area (Å²) in [5.41, 5.74) is 0.0239. The third-order valence-corrected chi connectivity index (χ3v) is 4.31. The molecule has 0 aromatic heterocycles. The Morgan fingerprint density at radius 2 is 2.00 bits per heavy atom. The van der Waals surface area contributed by atoms with E-state index in [4.69, 9.17) is 11.6 Å². The SMILES string of the molecule is CNCCCNS(=O)(=O)c1cc(Cl)c(NC(C)=O)cc1F. The first-order valence-corrected chi connectivity index (χ1v) is 8.05. The summed E-state index contributed by atoms with van der Waals surface area (Å²) in [6, 6.07) is 1.86. The number of anilines is 1. The van der Waals surface area contributed by atoms with Crippen molar-refractivity contribution < 1.29 is 17.6 Å². The molecule has 0 radical (unpaired) electrons. The fourth-order valence-electron chi connectivity index (χ4n) is 1.57. The number of halogens is 2. The third-order valence-electron chi connectivity index (χ3n) is 2.52. The van der Waals surface area contributed by atoms with Gasteiger partial charge in [0.15, 0.2) is 0 Å². The normalized spacial score (nSPS) is 11.4. The molecule has 0 bridgehead atoms. The summed E-state index contributed by atoms with van der Waals surface area (Å²) in [5, 5.41) is 5.13. The van der Waals surface area contributed by atoms with E-state index in [1.54, 1.807) is 7.05 Å². The summed E-state index contributed by atoms with van der Waals surface area (Å²) in [5.74, 6) is -1.42. The quantitative estimate of drug-likeness (QED) is 0.655. The number of hydrogen-bond acceptors (Lipinski definition) is 4. The average Bonchev–Trinajstić information content (AvgIpc) is 2.38. The zero-order chi connectivity index (χ0) is 16.0. The molecule has 0 spiro atoms. The lowest BCUT2D eigenvalue weighted by molar-refractivity contribution is -0.114. The Balaban J connectivity index is 2.97. The van der Waals surface area contributed by atoms with Crippen molar-refractivity contribution in [2.24, 2.45) is 0 Å². The largest absolute Gasteiger partial charge is 0.325 e. The Hall–Kier alpha value is -1.22. The second kappa shape index (κ2) is 7.69. The van der Waals surface area contributed by atoms with Gasteiger partial charge in [0.2, 0.25) is 15.9 Å². The first kappa shape index (κ1) is 17.8. The van der Waals surface area contributed by atoms with Crippen LogP contribution in [0.3, 0.4) is 0 Å². The Bertz CT molecular complexity index is 622. The molecule has 6 nitrogen and oxygen atoms in total. The van der Waals surface area contributed by atoms with Crippen molar-refractivity contribution in [3.8, 4) is 0 Å². The molecule has 0 heterocycles. The van der Waals surface area contributed by atoms with Gasteiger partial charge in [-0.25, -0.2) is 17.5 Å². The molecular weight excluding hydrogens is 321 g/mol. The van der Waals surface area contributed by atoms with E-state index in [-0.39, 0.29) is 17.3 Å². The van der Waals surface area contributed by atoms with E-state index < -0.39 is 26.6 Å². The monoisotopic (exact) mass is 337 g/mol. The van der Waals surface area contributed by atoms with E-state index in [1.807, 2.05) is 0 Å². The molecule has 1 amide bonds. The molecule has 1 rings (SSSR count). The van der Waals surface area contributed by atoms with Crippen LogP contribution in [0.5, 0.6) is 0 Å². The van der Waals surface area contributed by atoms with Crippen molar-refractivity contribution in [2.75, 3.05) is 25.5 Å². The maximum absolute atomic E-state index is 13.9. The van der Waals surface area contributed by atoms with Gasteiger partial charge in [-0.3, -0.25) is 4.79 Å². The van der Waals surface area contributed by atoms with Crippen molar-refractivity contribution in [1.29, 1.82) is 0 Å². The van der Waals surface area contributed by atoms with Crippen LogP contribution < -0.4 is 15.4 Å². The number of carbonyl (C=O) groups is 1. The Morgan fingerprint density at radius 3 is 2.57 bits per heavy atom. The van der Waals surface area contributed by atoms with Gasteiger partial charge in [0.05, 0.1) is 10.7 Å². The number of carbonyl (C=O) groups excluding carboxylic acids is 1. The standard InChI is InChI=1S/C12H17ClFN3O3S/c1-8(18)17-11-7-10(14)12(6-9(11)13)21(19,20)16-5-3-4-15-2/h6-7,15-16H,3-5H2,1-2H3,(H,17,18). The smallest absolute Gasteiger partial charge is 0.243 e. The zero-order valence-electron chi connectivity index (χ0n) is 11.7. The molecule has 0 aliphatic rings. The third kappa shape index (κ3) is 5.24. The number of sulfonamides is 1. The van der Waals surface area contributed by atoms with Gasteiger partial charge < -0.3 is 10.6 Å². The topological polar surface area (TPSA) is 87.3 Å². The second-order valence-electron chi connectivity index (χ2n) is 4.30. The molecule has 21 heavy (non-hydrogen) atoms. The highest BCUT2D eigenvalue weighted by Crippen LogP contribution is 2.28. The van der Waals surface area contributed by atoms with Gasteiger partial charge in [-0.05, 0) is 26.1 Å². The molecule has 0 saturated heterocycles. The van der Waals surface area contributed by atoms with Crippen molar-refractivity contribution in [1.82, 2.24) is 10.0 Å². The maximum Gasteiger partial charge on any atom is 0.243 e. The molecule has 0 unspecified atom stereocenters. The van der Waals surface area contributed by atoms with E-state index >= 15 is 0 Å². The van der Waals surface area contributed by atoms with E-state index in [0.29, 0.717) is 13.0 Å². The van der Waals surface area contributed by atoms with Crippen LogP contribution in [0.2, 0.25) is 5.02 Å². The fraction of sp³-hybridized carbons (Fsp3) is 0.417. The fourth-order valence-corrected chi connectivity index (χ4v) is 3.00. The van der Waals surface area contributed by atoms with Gasteiger partial charge >= 0.3 is 0 Å². The summed E-state index contributed by atoms with van der Waals surface area (Å²) in [4.78, 5) is 10.4. The second-order valence-corrected chi connectivity index (χ2v) is 6.44. The van der Waals surface area contributed by atoms with E-state index in [9.17, 15) is 17.6 Å². The first-order chi connectivity index (χ1) is 9.77. The predicted molar refractivity (Wildman–Crippen MR) is 79.4 cm³/mol. The van der Waals surface area contributed by atoms with Crippen LogP contribution >= 0.6 is 11.6 Å². The van der Waals surface area contributed by atoms with Gasteiger partial charge in [0, 0.05) is 19.5 Å². The van der Waals surface area contributed by atoms with Crippen LogP contribution in [0.4, 0.5) is 10.1 Å². The Morgan fingerprint density at radius 1 is 1.33 bits per heavy atom. The molecule has 118 valence electrons. The number of amides is 1. The number of hydrogen-bond donors (Lipinski definition) is 3. The minimum Gasteiger partial charge on any atom is -0.325 e. The minimum absolute atomic E-state index is 0.0239. The summed E-state index contributed by atoms with van der Waals surface area (Å²) >= 11 is 5.85. The highest BCUT2D eigenvalue weighted by atomic mass is 35.5. The van der Waals surface area contributed by atoms with Crippen LogP contribution in [0.1, 0.15) is 13.3 Å². The van der Waals surface area contributed by atoms with Gasteiger partial charge in [-0.1, -0.05) is 11.6 Å². The van der Waals surface area contributed by atoms with Crippen molar-refractivity contribution >= 4 is 33.2 Å².